The number of benzene rings is 1. The topological polar surface area (TPSA) is 72.7 Å². The Morgan fingerprint density at radius 2 is 1.62 bits per heavy atom. The Bertz CT molecular complexity index is 876. The third-order valence-electron chi connectivity index (χ3n) is 3.54. The summed E-state index contributed by atoms with van der Waals surface area (Å²) in [6.07, 6.45) is 3.04. The number of carbonyl (C=O) groups is 1. The number of anilines is 1. The lowest BCUT2D eigenvalue weighted by atomic mass is 10.1. The molecule has 6 nitrogen and oxygen atoms in total. The van der Waals surface area contributed by atoms with Gasteiger partial charge in [0.15, 0.2) is 0 Å². The number of rotatable bonds is 3. The molecule has 0 saturated heterocycles. The van der Waals surface area contributed by atoms with Gasteiger partial charge in [-0.15, -0.1) is 0 Å². The number of hydrogen-bond acceptors (Lipinski definition) is 4. The lowest BCUT2D eigenvalue weighted by molar-refractivity contribution is 0.102. The molecule has 1 N–H and O–H groups in total. The standard InChI is InChI=1S/C18H19N5O/c1-11-5-12(2)7-15(6-11)23-17(8-13(3)22-23)21-18(24)16-10-19-14(4)9-20-16/h5-10H,1-4H3,(H,21,24). The number of amides is 1. The SMILES string of the molecule is Cc1cc(C)cc(-n2nc(C)cc2NC(=O)c2cnc(C)cn2)c1. The van der Waals surface area contributed by atoms with E-state index in [1.54, 1.807) is 10.9 Å². The number of nitrogens with one attached hydrogen (secondary N) is 1. The predicted octanol–water partition coefficient (Wildman–Crippen LogP) is 3.15. The van der Waals surface area contributed by atoms with E-state index in [4.69, 9.17) is 0 Å². The smallest absolute Gasteiger partial charge is 0.277 e. The molecule has 122 valence electrons. The van der Waals surface area contributed by atoms with Gasteiger partial charge >= 0.3 is 0 Å². The van der Waals surface area contributed by atoms with Gasteiger partial charge in [-0.05, 0) is 51.0 Å². The van der Waals surface area contributed by atoms with Gasteiger partial charge in [0, 0.05) is 12.3 Å². The second-order valence-electron chi connectivity index (χ2n) is 5.93. The van der Waals surface area contributed by atoms with Crippen LogP contribution >= 0.6 is 0 Å². The molecule has 0 aliphatic carbocycles. The third kappa shape index (κ3) is 3.32. The fourth-order valence-corrected chi connectivity index (χ4v) is 2.55. The van der Waals surface area contributed by atoms with Crippen molar-refractivity contribution in [2.24, 2.45) is 0 Å². The summed E-state index contributed by atoms with van der Waals surface area (Å²) >= 11 is 0. The van der Waals surface area contributed by atoms with Crippen LogP contribution in [0.25, 0.3) is 5.69 Å². The first-order valence-corrected chi connectivity index (χ1v) is 7.68. The van der Waals surface area contributed by atoms with E-state index in [0.717, 1.165) is 28.2 Å². The summed E-state index contributed by atoms with van der Waals surface area (Å²) in [6.45, 7) is 7.79. The van der Waals surface area contributed by atoms with Crippen molar-refractivity contribution in [2.75, 3.05) is 5.32 Å². The monoisotopic (exact) mass is 321 g/mol. The second-order valence-corrected chi connectivity index (χ2v) is 5.93. The molecule has 0 radical (unpaired) electrons. The molecule has 1 amide bonds. The molecule has 2 aromatic heterocycles. The Labute approximate surface area is 140 Å². The molecule has 1 aromatic carbocycles. The normalized spacial score (nSPS) is 10.7. The van der Waals surface area contributed by atoms with E-state index in [-0.39, 0.29) is 11.6 Å². The van der Waals surface area contributed by atoms with Gasteiger partial charge in [0.2, 0.25) is 0 Å². The minimum atomic E-state index is -0.312. The molecule has 0 spiro atoms. The summed E-state index contributed by atoms with van der Waals surface area (Å²) in [7, 11) is 0. The minimum absolute atomic E-state index is 0.270. The molecule has 3 aromatic rings. The van der Waals surface area contributed by atoms with Crippen LogP contribution in [0.4, 0.5) is 5.82 Å². The quantitative estimate of drug-likeness (QED) is 0.804. The van der Waals surface area contributed by atoms with Gasteiger partial charge in [0.1, 0.15) is 11.5 Å². The second kappa shape index (κ2) is 6.23. The van der Waals surface area contributed by atoms with Crippen molar-refractivity contribution >= 4 is 11.7 Å². The summed E-state index contributed by atoms with van der Waals surface area (Å²) < 4.78 is 1.73. The van der Waals surface area contributed by atoms with Crippen molar-refractivity contribution in [3.05, 3.63) is 64.9 Å². The van der Waals surface area contributed by atoms with Crippen molar-refractivity contribution in [1.82, 2.24) is 19.7 Å². The van der Waals surface area contributed by atoms with Crippen LogP contribution in [0.3, 0.4) is 0 Å². The molecule has 0 saturated carbocycles. The highest BCUT2D eigenvalue weighted by atomic mass is 16.2. The number of aryl methyl sites for hydroxylation is 4. The van der Waals surface area contributed by atoms with Gasteiger partial charge in [0.25, 0.3) is 5.91 Å². The van der Waals surface area contributed by atoms with E-state index in [2.05, 4.69) is 26.4 Å². The highest BCUT2D eigenvalue weighted by Gasteiger charge is 2.14. The fraction of sp³-hybridized carbons (Fsp3) is 0.222. The molecule has 24 heavy (non-hydrogen) atoms. The molecule has 0 aliphatic heterocycles. The van der Waals surface area contributed by atoms with E-state index < -0.39 is 0 Å². The average Bonchev–Trinajstić information content (AvgIpc) is 2.87. The molecular formula is C18H19N5O. The molecule has 0 fully saturated rings. The summed E-state index contributed by atoms with van der Waals surface area (Å²) in [6, 6.07) is 7.98. The van der Waals surface area contributed by atoms with Gasteiger partial charge in [-0.2, -0.15) is 5.10 Å². The highest BCUT2D eigenvalue weighted by molar-refractivity contribution is 6.02. The third-order valence-corrected chi connectivity index (χ3v) is 3.54. The maximum Gasteiger partial charge on any atom is 0.277 e. The maximum absolute atomic E-state index is 12.4. The van der Waals surface area contributed by atoms with Crippen LogP contribution in [0.5, 0.6) is 0 Å². The number of hydrogen-bond donors (Lipinski definition) is 1. The Kier molecular flexibility index (Phi) is 4.12. The largest absolute Gasteiger partial charge is 0.305 e. The van der Waals surface area contributed by atoms with Crippen LogP contribution in [0.2, 0.25) is 0 Å². The molecule has 0 bridgehead atoms. The lowest BCUT2D eigenvalue weighted by Crippen LogP contribution is -2.17. The van der Waals surface area contributed by atoms with E-state index in [9.17, 15) is 4.79 Å². The van der Waals surface area contributed by atoms with Gasteiger partial charge in [-0.3, -0.25) is 9.78 Å². The van der Waals surface area contributed by atoms with E-state index in [0.29, 0.717) is 5.82 Å². The van der Waals surface area contributed by atoms with E-state index in [1.165, 1.54) is 6.20 Å². The van der Waals surface area contributed by atoms with Gasteiger partial charge < -0.3 is 5.32 Å². The van der Waals surface area contributed by atoms with Crippen LogP contribution in [0, 0.1) is 27.7 Å². The Hall–Kier alpha value is -3.02. The van der Waals surface area contributed by atoms with Crippen LogP contribution in [-0.4, -0.2) is 25.7 Å². The molecular weight excluding hydrogens is 302 g/mol. The number of aromatic nitrogens is 4. The molecule has 0 unspecified atom stereocenters. The van der Waals surface area contributed by atoms with Crippen LogP contribution in [0.15, 0.2) is 36.7 Å². The Morgan fingerprint density at radius 3 is 2.25 bits per heavy atom. The zero-order valence-corrected chi connectivity index (χ0v) is 14.2. The lowest BCUT2D eigenvalue weighted by Gasteiger charge is -2.10. The molecule has 6 heteroatoms. The molecule has 0 aliphatic rings. The first-order valence-electron chi connectivity index (χ1n) is 7.68. The van der Waals surface area contributed by atoms with Crippen molar-refractivity contribution in [3.63, 3.8) is 0 Å². The summed E-state index contributed by atoms with van der Waals surface area (Å²) in [5, 5.41) is 7.35. The highest BCUT2D eigenvalue weighted by Crippen LogP contribution is 2.20. The summed E-state index contributed by atoms with van der Waals surface area (Å²) in [4.78, 5) is 20.6. The van der Waals surface area contributed by atoms with Crippen molar-refractivity contribution < 1.29 is 4.79 Å². The first kappa shape index (κ1) is 15.9. The number of nitrogens with zero attached hydrogens (tertiary/aromatic N) is 4. The van der Waals surface area contributed by atoms with Crippen molar-refractivity contribution in [2.45, 2.75) is 27.7 Å². The average molecular weight is 321 g/mol. The Balaban J connectivity index is 1.94. The van der Waals surface area contributed by atoms with Crippen LogP contribution in [0.1, 0.15) is 33.0 Å². The fourth-order valence-electron chi connectivity index (χ4n) is 2.55. The zero-order chi connectivity index (χ0) is 17.3. The van der Waals surface area contributed by atoms with Gasteiger partial charge in [-0.1, -0.05) is 6.07 Å². The number of carbonyl (C=O) groups excluding carboxylic acids is 1. The predicted molar refractivity (Wildman–Crippen MR) is 92.5 cm³/mol. The maximum atomic E-state index is 12.4. The molecule has 0 atom stereocenters. The van der Waals surface area contributed by atoms with Crippen molar-refractivity contribution in [3.8, 4) is 5.69 Å². The van der Waals surface area contributed by atoms with Crippen LogP contribution in [-0.2, 0) is 0 Å². The van der Waals surface area contributed by atoms with Crippen molar-refractivity contribution in [1.29, 1.82) is 0 Å². The molecule has 2 heterocycles. The van der Waals surface area contributed by atoms with Gasteiger partial charge in [-0.25, -0.2) is 9.67 Å². The first-order chi connectivity index (χ1) is 11.4. The minimum Gasteiger partial charge on any atom is -0.305 e. The van der Waals surface area contributed by atoms with E-state index >= 15 is 0 Å². The van der Waals surface area contributed by atoms with E-state index in [1.807, 2.05) is 45.9 Å². The summed E-state index contributed by atoms with van der Waals surface area (Å²) in [5.74, 6) is 0.290. The Morgan fingerprint density at radius 1 is 0.917 bits per heavy atom. The van der Waals surface area contributed by atoms with Crippen LogP contribution < -0.4 is 5.32 Å². The molecule has 3 rings (SSSR count). The summed E-state index contributed by atoms with van der Waals surface area (Å²) in [5.41, 5.74) is 5.04. The van der Waals surface area contributed by atoms with Gasteiger partial charge in [0.05, 0.1) is 23.3 Å². The zero-order valence-electron chi connectivity index (χ0n) is 14.2.